The number of fused-ring (bicyclic) bond motifs is 1. The third kappa shape index (κ3) is 4.85. The number of carbonyl (C=O) groups excluding carboxylic acids is 2. The molecule has 1 aliphatic heterocycles. The van der Waals surface area contributed by atoms with Crippen LogP contribution in [0.15, 0.2) is 42.6 Å². The van der Waals surface area contributed by atoms with Gasteiger partial charge in [-0.3, -0.25) is 14.9 Å². The van der Waals surface area contributed by atoms with E-state index in [0.29, 0.717) is 23.9 Å². The van der Waals surface area contributed by atoms with E-state index in [2.05, 4.69) is 25.8 Å². The topological polar surface area (TPSA) is 106 Å². The van der Waals surface area contributed by atoms with Gasteiger partial charge in [0.05, 0.1) is 35.1 Å². The molecule has 3 aromatic rings. The number of carbonyl (C=O) groups is 2. The lowest BCUT2D eigenvalue weighted by atomic mass is 10.0. The van der Waals surface area contributed by atoms with E-state index >= 15 is 0 Å². The van der Waals surface area contributed by atoms with E-state index in [-0.39, 0.29) is 30.0 Å². The first-order valence-corrected chi connectivity index (χ1v) is 11.1. The fourth-order valence-electron chi connectivity index (χ4n) is 4.18. The minimum atomic E-state index is -0.975. The van der Waals surface area contributed by atoms with Gasteiger partial charge in [0.15, 0.2) is 5.82 Å². The number of hydrogen-bond donors (Lipinski definition) is 3. The molecular weight excluding hydrogens is 456 g/mol. The summed E-state index contributed by atoms with van der Waals surface area (Å²) in [4.78, 5) is 34.0. The van der Waals surface area contributed by atoms with Gasteiger partial charge < -0.3 is 20.4 Å². The van der Waals surface area contributed by atoms with Gasteiger partial charge >= 0.3 is 6.03 Å². The van der Waals surface area contributed by atoms with Gasteiger partial charge in [0.25, 0.3) is 5.91 Å². The molecule has 1 aromatic carbocycles. The molecule has 1 atom stereocenters. The summed E-state index contributed by atoms with van der Waals surface area (Å²) in [5.74, 6) is -2.33. The first-order valence-electron chi connectivity index (χ1n) is 11.1. The molecule has 35 heavy (non-hydrogen) atoms. The summed E-state index contributed by atoms with van der Waals surface area (Å²) >= 11 is 0. The molecule has 4 rings (SSSR count). The van der Waals surface area contributed by atoms with Crippen LogP contribution in [0.25, 0.3) is 0 Å². The highest BCUT2D eigenvalue weighted by molar-refractivity contribution is 6.04. The Labute approximate surface area is 201 Å². The normalized spacial score (nSPS) is 15.1. The predicted molar refractivity (Wildman–Crippen MR) is 126 cm³/mol. The zero-order valence-electron chi connectivity index (χ0n) is 19.9. The van der Waals surface area contributed by atoms with Crippen LogP contribution in [0.4, 0.5) is 19.4 Å². The third-order valence-corrected chi connectivity index (χ3v) is 6.01. The Morgan fingerprint density at radius 1 is 1.23 bits per heavy atom. The van der Waals surface area contributed by atoms with Crippen molar-refractivity contribution in [3.63, 3.8) is 0 Å². The number of halogens is 2. The molecule has 0 spiro atoms. The van der Waals surface area contributed by atoms with Gasteiger partial charge in [0, 0.05) is 24.4 Å². The molecule has 3 amide bonds. The summed E-state index contributed by atoms with van der Waals surface area (Å²) < 4.78 is 27.2. The maximum absolute atomic E-state index is 14.0. The molecule has 0 bridgehead atoms. The number of amides is 3. The second-order valence-electron chi connectivity index (χ2n) is 9.17. The lowest BCUT2D eigenvalue weighted by Crippen LogP contribution is -2.48. The van der Waals surface area contributed by atoms with Crippen LogP contribution in [0.5, 0.6) is 0 Å². The van der Waals surface area contributed by atoms with Crippen molar-refractivity contribution in [1.82, 2.24) is 30.3 Å². The number of pyridine rings is 1. The van der Waals surface area contributed by atoms with E-state index in [1.807, 2.05) is 51.0 Å². The van der Waals surface area contributed by atoms with Crippen LogP contribution in [-0.2, 0) is 12.1 Å². The third-order valence-electron chi connectivity index (χ3n) is 6.01. The summed E-state index contributed by atoms with van der Waals surface area (Å²) in [7, 11) is 3.83. The van der Waals surface area contributed by atoms with Gasteiger partial charge in [-0.1, -0.05) is 6.07 Å². The van der Waals surface area contributed by atoms with Gasteiger partial charge in [-0.05, 0) is 52.2 Å². The van der Waals surface area contributed by atoms with Crippen LogP contribution < -0.4 is 10.6 Å². The van der Waals surface area contributed by atoms with E-state index in [1.165, 1.54) is 0 Å². The first kappa shape index (κ1) is 24.3. The quantitative estimate of drug-likeness (QED) is 0.498. The highest BCUT2D eigenvalue weighted by Gasteiger charge is 2.44. The molecule has 1 aliphatic rings. The molecule has 3 N–H and O–H groups in total. The molecule has 9 nitrogen and oxygen atoms in total. The predicted octanol–water partition coefficient (Wildman–Crippen LogP) is 3.40. The summed E-state index contributed by atoms with van der Waals surface area (Å²) in [5, 5.41) is 12.7. The van der Waals surface area contributed by atoms with E-state index in [4.69, 9.17) is 0 Å². The molecule has 11 heteroatoms. The maximum atomic E-state index is 14.0. The number of nitrogens with zero attached hydrogens (tertiary/aromatic N) is 4. The molecule has 0 radical (unpaired) electrons. The molecule has 0 aliphatic carbocycles. The Balaban J connectivity index is 1.53. The Morgan fingerprint density at radius 3 is 2.66 bits per heavy atom. The van der Waals surface area contributed by atoms with Crippen molar-refractivity contribution in [2.75, 3.05) is 26.0 Å². The summed E-state index contributed by atoms with van der Waals surface area (Å²) in [6, 6.07) is 7.61. The zero-order chi connectivity index (χ0) is 25.3. The lowest BCUT2D eigenvalue weighted by Gasteiger charge is -2.33. The standard InChI is InChI=1S/C24H27F2N7O2/c1-24(2)20-16(21(31-30-20)29-22(34)15-9-8-14(25)11-17(15)26)12-33(24)23(35)28-19(13-32(3)4)18-7-5-6-10-27-18/h5-11,19H,12-13H2,1-4H3,(H,28,35)(H2,29,30,31,34)/t19-/m1/s1. The van der Waals surface area contributed by atoms with Gasteiger partial charge in [-0.15, -0.1) is 0 Å². The van der Waals surface area contributed by atoms with Crippen LogP contribution in [-0.4, -0.2) is 57.6 Å². The van der Waals surface area contributed by atoms with Crippen molar-refractivity contribution >= 4 is 17.8 Å². The largest absolute Gasteiger partial charge is 0.328 e. The summed E-state index contributed by atoms with van der Waals surface area (Å²) in [5.41, 5.74) is 0.939. The molecule has 0 saturated heterocycles. The first-order chi connectivity index (χ1) is 16.6. The van der Waals surface area contributed by atoms with Crippen LogP contribution in [0, 0.1) is 11.6 Å². The number of benzene rings is 1. The van der Waals surface area contributed by atoms with E-state index in [9.17, 15) is 18.4 Å². The number of aromatic amines is 1. The maximum Gasteiger partial charge on any atom is 0.319 e. The van der Waals surface area contributed by atoms with Crippen LogP contribution in [0.3, 0.4) is 0 Å². The number of nitrogens with one attached hydrogen (secondary N) is 3. The molecule has 184 valence electrons. The Morgan fingerprint density at radius 2 is 2.00 bits per heavy atom. The van der Waals surface area contributed by atoms with Gasteiger partial charge in [0.2, 0.25) is 0 Å². The highest BCUT2D eigenvalue weighted by Crippen LogP contribution is 2.40. The van der Waals surface area contributed by atoms with Crippen molar-refractivity contribution in [1.29, 1.82) is 0 Å². The molecule has 2 aromatic heterocycles. The molecule has 0 fully saturated rings. The number of likely N-dealkylation sites (N-methyl/N-ethyl adjacent to an activating group) is 1. The number of hydrogen-bond acceptors (Lipinski definition) is 5. The van der Waals surface area contributed by atoms with Gasteiger partial charge in [-0.25, -0.2) is 13.6 Å². The van der Waals surface area contributed by atoms with Crippen LogP contribution in [0.1, 0.15) is 47.2 Å². The Bertz CT molecular complexity index is 1240. The number of anilines is 1. The second-order valence-corrected chi connectivity index (χ2v) is 9.17. The summed E-state index contributed by atoms with van der Waals surface area (Å²) in [6.45, 7) is 4.45. The van der Waals surface area contributed by atoms with Crippen molar-refractivity contribution in [2.24, 2.45) is 0 Å². The number of aromatic nitrogens is 3. The molecule has 0 unspecified atom stereocenters. The van der Waals surface area contributed by atoms with Crippen molar-refractivity contribution < 1.29 is 18.4 Å². The minimum Gasteiger partial charge on any atom is -0.328 e. The average Bonchev–Trinajstić information content (AvgIpc) is 3.31. The average molecular weight is 484 g/mol. The van der Waals surface area contributed by atoms with Crippen molar-refractivity contribution in [2.45, 2.75) is 32.0 Å². The zero-order valence-corrected chi connectivity index (χ0v) is 19.9. The van der Waals surface area contributed by atoms with Gasteiger partial charge in [-0.2, -0.15) is 5.10 Å². The Kier molecular flexibility index (Phi) is 6.53. The number of H-pyrrole nitrogens is 1. The monoisotopic (exact) mass is 483 g/mol. The SMILES string of the molecule is CN(C)C[C@@H](NC(=O)N1Cc2c(NC(=O)c3ccc(F)cc3F)n[nH]c2C1(C)C)c1ccccn1. The smallest absolute Gasteiger partial charge is 0.319 e. The second kappa shape index (κ2) is 9.41. The molecule has 3 heterocycles. The minimum absolute atomic E-state index is 0.170. The van der Waals surface area contributed by atoms with Crippen LogP contribution in [0.2, 0.25) is 0 Å². The van der Waals surface area contributed by atoms with Crippen molar-refractivity contribution in [3.8, 4) is 0 Å². The number of urea groups is 1. The van der Waals surface area contributed by atoms with Crippen LogP contribution >= 0.6 is 0 Å². The van der Waals surface area contributed by atoms with Gasteiger partial charge in [0.1, 0.15) is 11.6 Å². The van der Waals surface area contributed by atoms with E-state index in [0.717, 1.165) is 17.8 Å². The summed E-state index contributed by atoms with van der Waals surface area (Å²) in [6.07, 6.45) is 1.68. The fraction of sp³-hybridized carbons (Fsp3) is 0.333. The molecule has 0 saturated carbocycles. The highest BCUT2D eigenvalue weighted by atomic mass is 19.1. The number of rotatable bonds is 6. The lowest BCUT2D eigenvalue weighted by molar-refractivity contribution is 0.102. The fourth-order valence-corrected chi connectivity index (χ4v) is 4.18. The van der Waals surface area contributed by atoms with E-state index in [1.54, 1.807) is 11.1 Å². The Hall–Kier alpha value is -3.86. The van der Waals surface area contributed by atoms with E-state index < -0.39 is 23.1 Å². The molecular formula is C24H27F2N7O2. The van der Waals surface area contributed by atoms with Crippen molar-refractivity contribution in [3.05, 3.63) is 76.7 Å².